The molecule has 3 rings (SSSR count). The number of aryl methyl sites for hydroxylation is 1. The molecule has 0 aliphatic heterocycles. The third-order valence-electron chi connectivity index (χ3n) is 5.89. The SMILES string of the molecule is CNC(=O)[C@H](N[C@H](CCc1ccc(C(F)(F)F)cc1)c1ccc(OC)c(OC)c1)c1ccc(Cl)cc1. The predicted molar refractivity (Wildman–Crippen MR) is 133 cm³/mol. The lowest BCUT2D eigenvalue weighted by atomic mass is 9.95. The van der Waals surface area contributed by atoms with Crippen LogP contribution in [0, 0.1) is 0 Å². The van der Waals surface area contributed by atoms with E-state index in [4.69, 9.17) is 21.1 Å². The fourth-order valence-corrected chi connectivity index (χ4v) is 4.04. The van der Waals surface area contributed by atoms with Gasteiger partial charge in [0.1, 0.15) is 6.04 Å². The van der Waals surface area contributed by atoms with E-state index in [9.17, 15) is 18.0 Å². The summed E-state index contributed by atoms with van der Waals surface area (Å²) in [7, 11) is 4.63. The van der Waals surface area contributed by atoms with Crippen molar-refractivity contribution in [3.05, 3.63) is 94.0 Å². The number of amides is 1. The number of hydrogen-bond acceptors (Lipinski definition) is 4. The smallest absolute Gasteiger partial charge is 0.416 e. The first-order chi connectivity index (χ1) is 17.2. The Morgan fingerprint density at radius 2 is 1.53 bits per heavy atom. The molecule has 0 saturated heterocycles. The molecule has 0 radical (unpaired) electrons. The molecule has 0 aliphatic rings. The quantitative estimate of drug-likeness (QED) is 0.338. The molecule has 9 heteroatoms. The predicted octanol–water partition coefficient (Wildman–Crippen LogP) is 6.13. The molecule has 0 spiro atoms. The highest BCUT2D eigenvalue weighted by Crippen LogP contribution is 2.33. The first-order valence-electron chi connectivity index (χ1n) is 11.3. The second kappa shape index (κ2) is 12.1. The van der Waals surface area contributed by atoms with Crippen LogP contribution in [0.5, 0.6) is 11.5 Å². The highest BCUT2D eigenvalue weighted by atomic mass is 35.5. The molecule has 0 fully saturated rings. The van der Waals surface area contributed by atoms with E-state index in [1.807, 2.05) is 12.1 Å². The summed E-state index contributed by atoms with van der Waals surface area (Å²) in [5.41, 5.74) is 1.61. The van der Waals surface area contributed by atoms with E-state index < -0.39 is 17.8 Å². The molecule has 2 N–H and O–H groups in total. The van der Waals surface area contributed by atoms with Crippen LogP contribution in [0.3, 0.4) is 0 Å². The number of benzene rings is 3. The summed E-state index contributed by atoms with van der Waals surface area (Å²) in [5.74, 6) is 0.847. The Morgan fingerprint density at radius 3 is 2.08 bits per heavy atom. The van der Waals surface area contributed by atoms with E-state index in [0.717, 1.165) is 28.8 Å². The van der Waals surface area contributed by atoms with Gasteiger partial charge in [-0.3, -0.25) is 10.1 Å². The molecule has 0 unspecified atom stereocenters. The Kier molecular flexibility index (Phi) is 9.23. The summed E-state index contributed by atoms with van der Waals surface area (Å²) < 4.78 is 49.6. The Balaban J connectivity index is 1.93. The number of rotatable bonds is 10. The number of methoxy groups -OCH3 is 2. The van der Waals surface area contributed by atoms with Crippen molar-refractivity contribution >= 4 is 17.5 Å². The molecule has 0 heterocycles. The standard InChI is InChI=1S/C27H28ClF3N2O3/c1-32-26(34)25(18-7-12-21(28)13-8-18)33-22(19-9-15-23(35-2)24(16-19)36-3)14-6-17-4-10-20(11-5-17)27(29,30)31/h4-5,7-13,15-16,22,25,33H,6,14H2,1-3H3,(H,32,34)/t22-,25-/m1/s1. The number of carbonyl (C=O) groups excluding carboxylic acids is 1. The van der Waals surface area contributed by atoms with Gasteiger partial charge >= 0.3 is 6.18 Å². The van der Waals surface area contributed by atoms with Crippen molar-refractivity contribution in [3.8, 4) is 11.5 Å². The van der Waals surface area contributed by atoms with Gasteiger partial charge in [0.25, 0.3) is 0 Å². The molecular weight excluding hydrogens is 493 g/mol. The number of likely N-dealkylation sites (N-methyl/N-ethyl adjacent to an activating group) is 1. The largest absolute Gasteiger partial charge is 0.493 e. The number of alkyl halides is 3. The van der Waals surface area contributed by atoms with Gasteiger partial charge in [-0.25, -0.2) is 0 Å². The number of carbonyl (C=O) groups is 1. The lowest BCUT2D eigenvalue weighted by Crippen LogP contribution is -2.38. The molecule has 3 aromatic rings. The maximum absolute atomic E-state index is 12.9. The van der Waals surface area contributed by atoms with E-state index in [-0.39, 0.29) is 11.9 Å². The molecule has 0 aliphatic carbocycles. The number of hydrogen-bond donors (Lipinski definition) is 2. The fourth-order valence-electron chi connectivity index (χ4n) is 3.91. The zero-order chi connectivity index (χ0) is 26.3. The van der Waals surface area contributed by atoms with Gasteiger partial charge in [0, 0.05) is 18.1 Å². The Labute approximate surface area is 213 Å². The minimum atomic E-state index is -4.39. The molecule has 36 heavy (non-hydrogen) atoms. The van der Waals surface area contributed by atoms with Gasteiger partial charge < -0.3 is 14.8 Å². The Hall–Kier alpha value is -3.23. The van der Waals surface area contributed by atoms with Crippen molar-refractivity contribution in [3.63, 3.8) is 0 Å². The summed E-state index contributed by atoms with van der Waals surface area (Å²) >= 11 is 6.03. The van der Waals surface area contributed by atoms with E-state index in [2.05, 4.69) is 10.6 Å². The topological polar surface area (TPSA) is 59.6 Å². The lowest BCUT2D eigenvalue weighted by molar-refractivity contribution is -0.137. The van der Waals surface area contributed by atoms with Gasteiger partial charge in [-0.2, -0.15) is 13.2 Å². The summed E-state index contributed by atoms with van der Waals surface area (Å²) in [6.45, 7) is 0. The van der Waals surface area contributed by atoms with Crippen LogP contribution >= 0.6 is 11.6 Å². The summed E-state index contributed by atoms with van der Waals surface area (Å²) in [5, 5.41) is 6.65. The van der Waals surface area contributed by atoms with Crippen LogP contribution in [-0.4, -0.2) is 27.2 Å². The summed E-state index contributed by atoms with van der Waals surface area (Å²) in [6.07, 6.45) is -3.41. The third kappa shape index (κ3) is 6.92. The van der Waals surface area contributed by atoms with Crippen LogP contribution in [0.1, 0.15) is 40.8 Å². The number of halogens is 4. The molecule has 1 amide bonds. The maximum atomic E-state index is 12.9. The molecule has 0 saturated carbocycles. The molecular formula is C27H28ClF3N2O3. The van der Waals surface area contributed by atoms with E-state index in [0.29, 0.717) is 29.4 Å². The summed E-state index contributed by atoms with van der Waals surface area (Å²) in [6, 6.07) is 16.5. The van der Waals surface area contributed by atoms with Crippen molar-refractivity contribution in [2.24, 2.45) is 0 Å². The minimum Gasteiger partial charge on any atom is -0.493 e. The van der Waals surface area contributed by atoms with Gasteiger partial charge in [-0.15, -0.1) is 0 Å². The van der Waals surface area contributed by atoms with Crippen LogP contribution in [0.2, 0.25) is 5.02 Å². The number of nitrogens with one attached hydrogen (secondary N) is 2. The zero-order valence-electron chi connectivity index (χ0n) is 20.2. The molecule has 192 valence electrons. The third-order valence-corrected chi connectivity index (χ3v) is 6.14. The van der Waals surface area contributed by atoms with Crippen LogP contribution < -0.4 is 20.1 Å². The Bertz CT molecular complexity index is 1150. The fraction of sp³-hybridized carbons (Fsp3) is 0.296. The lowest BCUT2D eigenvalue weighted by Gasteiger charge is -2.26. The highest BCUT2D eigenvalue weighted by molar-refractivity contribution is 6.30. The zero-order valence-corrected chi connectivity index (χ0v) is 20.9. The van der Waals surface area contributed by atoms with Crippen LogP contribution in [0.4, 0.5) is 13.2 Å². The monoisotopic (exact) mass is 520 g/mol. The van der Waals surface area contributed by atoms with Crippen molar-refractivity contribution < 1.29 is 27.4 Å². The van der Waals surface area contributed by atoms with E-state index in [1.54, 1.807) is 44.5 Å². The van der Waals surface area contributed by atoms with Crippen molar-refractivity contribution in [1.82, 2.24) is 10.6 Å². The van der Waals surface area contributed by atoms with Crippen LogP contribution in [0.15, 0.2) is 66.7 Å². The minimum absolute atomic E-state index is 0.239. The molecule has 3 aromatic carbocycles. The number of ether oxygens (including phenoxy) is 2. The van der Waals surface area contributed by atoms with Crippen molar-refractivity contribution in [1.29, 1.82) is 0 Å². The maximum Gasteiger partial charge on any atom is 0.416 e. The second-order valence-electron chi connectivity index (χ2n) is 8.17. The highest BCUT2D eigenvalue weighted by Gasteiger charge is 2.30. The molecule has 0 bridgehead atoms. The first kappa shape index (κ1) is 27.4. The molecule has 5 nitrogen and oxygen atoms in total. The molecule has 0 aromatic heterocycles. The van der Waals surface area contributed by atoms with Crippen molar-refractivity contribution in [2.75, 3.05) is 21.3 Å². The molecule has 2 atom stereocenters. The van der Waals surface area contributed by atoms with Crippen LogP contribution in [-0.2, 0) is 17.4 Å². The second-order valence-corrected chi connectivity index (χ2v) is 8.60. The van der Waals surface area contributed by atoms with Gasteiger partial charge in [0.15, 0.2) is 11.5 Å². The van der Waals surface area contributed by atoms with Crippen molar-refractivity contribution in [2.45, 2.75) is 31.1 Å². The van der Waals surface area contributed by atoms with Crippen LogP contribution in [0.25, 0.3) is 0 Å². The van der Waals surface area contributed by atoms with Gasteiger partial charge in [0.2, 0.25) is 5.91 Å². The average molecular weight is 521 g/mol. The van der Waals surface area contributed by atoms with E-state index in [1.165, 1.54) is 19.2 Å². The Morgan fingerprint density at radius 1 is 0.917 bits per heavy atom. The average Bonchev–Trinajstić information content (AvgIpc) is 2.88. The normalized spacial score (nSPS) is 13.1. The summed E-state index contributed by atoms with van der Waals surface area (Å²) in [4.78, 5) is 12.8. The van der Waals surface area contributed by atoms with Gasteiger partial charge in [-0.05, 0) is 65.9 Å². The first-order valence-corrected chi connectivity index (χ1v) is 11.6. The van der Waals surface area contributed by atoms with Gasteiger partial charge in [0.05, 0.1) is 19.8 Å². The van der Waals surface area contributed by atoms with E-state index >= 15 is 0 Å². The van der Waals surface area contributed by atoms with Gasteiger partial charge in [-0.1, -0.05) is 41.9 Å².